The molecule has 112 valence electrons. The molecule has 0 radical (unpaired) electrons. The van der Waals surface area contributed by atoms with Gasteiger partial charge in [0.1, 0.15) is 17.9 Å². The van der Waals surface area contributed by atoms with Gasteiger partial charge >= 0.3 is 0 Å². The SMILES string of the molecule is Oc1ccc(Nc2ncnc3c2cnn3-c2ccccc2)cc1. The number of rotatable bonds is 3. The average molecular weight is 303 g/mol. The lowest BCUT2D eigenvalue weighted by atomic mass is 10.3. The molecule has 0 unspecified atom stereocenters. The van der Waals surface area contributed by atoms with Crippen LogP contribution in [0.25, 0.3) is 16.7 Å². The highest BCUT2D eigenvalue weighted by Gasteiger charge is 2.11. The molecule has 0 aliphatic heterocycles. The first-order valence-electron chi connectivity index (χ1n) is 7.11. The predicted molar refractivity (Wildman–Crippen MR) is 88.0 cm³/mol. The van der Waals surface area contributed by atoms with E-state index in [-0.39, 0.29) is 5.75 Å². The second kappa shape index (κ2) is 5.42. The minimum absolute atomic E-state index is 0.222. The molecule has 0 atom stereocenters. The molecular weight excluding hydrogens is 290 g/mol. The van der Waals surface area contributed by atoms with Crippen LogP contribution in [0.15, 0.2) is 67.1 Å². The Hall–Kier alpha value is -3.41. The van der Waals surface area contributed by atoms with Gasteiger partial charge in [0, 0.05) is 5.69 Å². The molecule has 0 saturated heterocycles. The van der Waals surface area contributed by atoms with Gasteiger partial charge in [-0.3, -0.25) is 0 Å². The Balaban J connectivity index is 1.77. The molecule has 2 heterocycles. The quantitative estimate of drug-likeness (QED) is 0.568. The third-order valence-corrected chi connectivity index (χ3v) is 3.50. The number of aromatic nitrogens is 4. The maximum atomic E-state index is 9.36. The topological polar surface area (TPSA) is 75.9 Å². The van der Waals surface area contributed by atoms with E-state index >= 15 is 0 Å². The van der Waals surface area contributed by atoms with Crippen LogP contribution in [0.2, 0.25) is 0 Å². The first-order valence-corrected chi connectivity index (χ1v) is 7.11. The van der Waals surface area contributed by atoms with E-state index in [0.29, 0.717) is 5.82 Å². The van der Waals surface area contributed by atoms with Crippen LogP contribution in [0.5, 0.6) is 5.75 Å². The average Bonchev–Trinajstić information content (AvgIpc) is 3.03. The first kappa shape index (κ1) is 13.3. The number of hydrogen-bond acceptors (Lipinski definition) is 5. The van der Waals surface area contributed by atoms with E-state index in [1.165, 1.54) is 6.33 Å². The Morgan fingerprint density at radius 3 is 2.48 bits per heavy atom. The molecule has 0 saturated carbocycles. The van der Waals surface area contributed by atoms with Gasteiger partial charge in [0.05, 0.1) is 17.3 Å². The summed E-state index contributed by atoms with van der Waals surface area (Å²) in [6, 6.07) is 16.6. The Kier molecular flexibility index (Phi) is 3.12. The summed E-state index contributed by atoms with van der Waals surface area (Å²) < 4.78 is 1.78. The Labute approximate surface area is 132 Å². The van der Waals surface area contributed by atoms with E-state index < -0.39 is 0 Å². The maximum absolute atomic E-state index is 9.36. The van der Waals surface area contributed by atoms with Gasteiger partial charge in [0.15, 0.2) is 5.65 Å². The van der Waals surface area contributed by atoms with Crippen molar-refractivity contribution in [3.05, 3.63) is 67.1 Å². The number of benzene rings is 2. The van der Waals surface area contributed by atoms with Gasteiger partial charge in [-0.2, -0.15) is 5.10 Å². The number of hydrogen-bond donors (Lipinski definition) is 2. The number of anilines is 2. The van der Waals surface area contributed by atoms with Crippen molar-refractivity contribution in [2.24, 2.45) is 0 Å². The van der Waals surface area contributed by atoms with Gasteiger partial charge in [0.2, 0.25) is 0 Å². The van der Waals surface area contributed by atoms with Crippen molar-refractivity contribution in [1.29, 1.82) is 0 Å². The van der Waals surface area contributed by atoms with Crippen LogP contribution >= 0.6 is 0 Å². The standard InChI is InChI=1S/C17H13N5O/c23-14-8-6-12(7-9-14)21-16-15-10-20-22(17(15)19-11-18-16)13-4-2-1-3-5-13/h1-11,23H,(H,18,19,21). The van der Waals surface area contributed by atoms with Crippen molar-refractivity contribution in [3.8, 4) is 11.4 Å². The lowest BCUT2D eigenvalue weighted by Gasteiger charge is -2.07. The molecule has 2 N–H and O–H groups in total. The highest BCUT2D eigenvalue weighted by atomic mass is 16.3. The zero-order chi connectivity index (χ0) is 15.6. The van der Waals surface area contributed by atoms with Crippen molar-refractivity contribution in [3.63, 3.8) is 0 Å². The Morgan fingerprint density at radius 2 is 1.70 bits per heavy atom. The minimum atomic E-state index is 0.222. The van der Waals surface area contributed by atoms with Crippen molar-refractivity contribution in [1.82, 2.24) is 19.7 Å². The van der Waals surface area contributed by atoms with E-state index in [9.17, 15) is 5.11 Å². The molecule has 23 heavy (non-hydrogen) atoms. The summed E-state index contributed by atoms with van der Waals surface area (Å²) in [4.78, 5) is 8.64. The van der Waals surface area contributed by atoms with Crippen molar-refractivity contribution in [2.75, 3.05) is 5.32 Å². The van der Waals surface area contributed by atoms with Crippen molar-refractivity contribution in [2.45, 2.75) is 0 Å². The molecule has 0 aliphatic carbocycles. The highest BCUT2D eigenvalue weighted by molar-refractivity contribution is 5.89. The number of phenolic OH excluding ortho intramolecular Hbond substituents is 1. The zero-order valence-corrected chi connectivity index (χ0v) is 12.1. The van der Waals surface area contributed by atoms with Crippen LogP contribution in [-0.4, -0.2) is 24.9 Å². The number of para-hydroxylation sites is 1. The molecular formula is C17H13N5O. The number of nitrogens with one attached hydrogen (secondary N) is 1. The fraction of sp³-hybridized carbons (Fsp3) is 0. The van der Waals surface area contributed by atoms with Gasteiger partial charge in [0.25, 0.3) is 0 Å². The number of nitrogens with zero attached hydrogens (tertiary/aromatic N) is 4. The van der Waals surface area contributed by atoms with Crippen LogP contribution in [0, 0.1) is 0 Å². The van der Waals surface area contributed by atoms with Crippen LogP contribution in [0.4, 0.5) is 11.5 Å². The lowest BCUT2D eigenvalue weighted by molar-refractivity contribution is 0.475. The summed E-state index contributed by atoms with van der Waals surface area (Å²) >= 11 is 0. The van der Waals surface area contributed by atoms with E-state index in [1.54, 1.807) is 35.1 Å². The minimum Gasteiger partial charge on any atom is -0.508 e. The molecule has 6 heteroatoms. The molecule has 4 rings (SSSR count). The van der Waals surface area contributed by atoms with E-state index in [1.807, 2.05) is 30.3 Å². The smallest absolute Gasteiger partial charge is 0.168 e. The monoisotopic (exact) mass is 303 g/mol. The van der Waals surface area contributed by atoms with Gasteiger partial charge in [-0.15, -0.1) is 0 Å². The van der Waals surface area contributed by atoms with Gasteiger partial charge < -0.3 is 10.4 Å². The second-order valence-electron chi connectivity index (χ2n) is 5.02. The molecule has 0 amide bonds. The van der Waals surface area contributed by atoms with E-state index in [2.05, 4.69) is 20.4 Å². The van der Waals surface area contributed by atoms with Gasteiger partial charge in [-0.1, -0.05) is 18.2 Å². The van der Waals surface area contributed by atoms with E-state index in [0.717, 1.165) is 22.4 Å². The molecule has 0 bridgehead atoms. The number of phenols is 1. The summed E-state index contributed by atoms with van der Waals surface area (Å²) in [5.41, 5.74) is 2.50. The summed E-state index contributed by atoms with van der Waals surface area (Å²) in [5.74, 6) is 0.892. The molecule has 0 spiro atoms. The molecule has 2 aromatic carbocycles. The number of aromatic hydroxyl groups is 1. The molecule has 6 nitrogen and oxygen atoms in total. The molecule has 0 fully saturated rings. The predicted octanol–water partition coefficient (Wildman–Crippen LogP) is 3.26. The molecule has 4 aromatic rings. The Morgan fingerprint density at radius 1 is 0.913 bits per heavy atom. The third-order valence-electron chi connectivity index (χ3n) is 3.50. The zero-order valence-electron chi connectivity index (χ0n) is 12.1. The van der Waals surface area contributed by atoms with Crippen molar-refractivity contribution >= 4 is 22.5 Å². The lowest BCUT2D eigenvalue weighted by Crippen LogP contribution is -1.99. The van der Waals surface area contributed by atoms with Crippen LogP contribution in [0.1, 0.15) is 0 Å². The van der Waals surface area contributed by atoms with Crippen LogP contribution in [-0.2, 0) is 0 Å². The van der Waals surface area contributed by atoms with Gasteiger partial charge in [-0.05, 0) is 36.4 Å². The molecule has 0 aliphatic rings. The van der Waals surface area contributed by atoms with Crippen LogP contribution in [0.3, 0.4) is 0 Å². The highest BCUT2D eigenvalue weighted by Crippen LogP contribution is 2.25. The fourth-order valence-corrected chi connectivity index (χ4v) is 2.38. The van der Waals surface area contributed by atoms with Crippen LogP contribution < -0.4 is 5.32 Å². The third kappa shape index (κ3) is 2.46. The summed E-state index contributed by atoms with van der Waals surface area (Å²) in [6.07, 6.45) is 3.25. The summed E-state index contributed by atoms with van der Waals surface area (Å²) in [5, 5.41) is 17.8. The normalized spacial score (nSPS) is 10.8. The fourth-order valence-electron chi connectivity index (χ4n) is 2.38. The molecule has 2 aromatic heterocycles. The largest absolute Gasteiger partial charge is 0.508 e. The van der Waals surface area contributed by atoms with Crippen molar-refractivity contribution < 1.29 is 5.11 Å². The maximum Gasteiger partial charge on any atom is 0.168 e. The van der Waals surface area contributed by atoms with Gasteiger partial charge in [-0.25, -0.2) is 14.6 Å². The summed E-state index contributed by atoms with van der Waals surface area (Å²) in [7, 11) is 0. The Bertz CT molecular complexity index is 948. The first-order chi connectivity index (χ1) is 11.3. The second-order valence-corrected chi connectivity index (χ2v) is 5.02. The van der Waals surface area contributed by atoms with E-state index in [4.69, 9.17) is 0 Å². The summed E-state index contributed by atoms with van der Waals surface area (Å²) in [6.45, 7) is 0. The number of fused-ring (bicyclic) bond motifs is 1.